The largest absolute Gasteiger partial charge is 0.494 e. The van der Waals surface area contributed by atoms with Crippen molar-refractivity contribution in [2.45, 2.75) is 70.2 Å². The van der Waals surface area contributed by atoms with Crippen LogP contribution in [-0.2, 0) is 24.1 Å². The molecule has 2 aliphatic rings. The first-order valence-corrected chi connectivity index (χ1v) is 12.0. The van der Waals surface area contributed by atoms with Gasteiger partial charge in [0.25, 0.3) is 0 Å². The van der Waals surface area contributed by atoms with Crippen molar-refractivity contribution in [2.75, 3.05) is 26.2 Å². The Morgan fingerprint density at radius 1 is 0.968 bits per heavy atom. The number of rotatable bonds is 3. The molecular weight excluding hydrogens is 419 g/mol. The summed E-state index contributed by atoms with van der Waals surface area (Å²) >= 11 is 0. The Labute approximate surface area is 186 Å². The fourth-order valence-corrected chi connectivity index (χ4v) is 4.78. The molecule has 0 saturated carbocycles. The number of ether oxygens (including phenoxy) is 1. The van der Waals surface area contributed by atoms with Crippen LogP contribution in [0.2, 0.25) is 0 Å². The monoisotopic (exact) mass is 452 g/mol. The van der Waals surface area contributed by atoms with Gasteiger partial charge in [-0.25, -0.2) is 13.2 Å². The number of carbonyl (C=O) groups excluding carboxylic acids is 1. The van der Waals surface area contributed by atoms with Gasteiger partial charge >= 0.3 is 13.2 Å². The van der Waals surface area contributed by atoms with E-state index in [0.29, 0.717) is 13.1 Å². The van der Waals surface area contributed by atoms with Crippen LogP contribution in [0, 0.1) is 0 Å². The number of amides is 1. The third-order valence-corrected chi connectivity index (χ3v) is 7.85. The highest BCUT2D eigenvalue weighted by atomic mass is 32.2. The van der Waals surface area contributed by atoms with Gasteiger partial charge in [-0.1, -0.05) is 12.1 Å². The molecule has 2 heterocycles. The van der Waals surface area contributed by atoms with Gasteiger partial charge in [-0.15, -0.1) is 0 Å². The molecule has 0 aromatic heterocycles. The standard InChI is InChI=1S/C21H33BN2O6S/c1-19(2,3)28-18(25)23-12-14-24(15-13-23)31(26,27)17-10-8-16(9-11-17)22-29-20(4,5)21(6,7)30-22/h8-11H,12-15H2,1-7H3. The highest BCUT2D eigenvalue weighted by Gasteiger charge is 2.51. The normalized spacial score (nSPS) is 21.9. The van der Waals surface area contributed by atoms with Gasteiger partial charge in [-0.05, 0) is 66.1 Å². The lowest BCUT2D eigenvalue weighted by Gasteiger charge is -2.35. The number of carbonyl (C=O) groups is 1. The predicted molar refractivity (Wildman–Crippen MR) is 119 cm³/mol. The molecule has 2 fully saturated rings. The molecule has 0 spiro atoms. The number of hydrogen-bond donors (Lipinski definition) is 0. The van der Waals surface area contributed by atoms with Crippen LogP contribution in [0.3, 0.4) is 0 Å². The van der Waals surface area contributed by atoms with Gasteiger partial charge in [-0.3, -0.25) is 0 Å². The molecule has 3 rings (SSSR count). The summed E-state index contributed by atoms with van der Waals surface area (Å²) in [6.45, 7) is 14.3. The van der Waals surface area contributed by atoms with Crippen molar-refractivity contribution in [3.63, 3.8) is 0 Å². The topological polar surface area (TPSA) is 85.4 Å². The molecule has 0 N–H and O–H groups in total. The van der Waals surface area contributed by atoms with Gasteiger partial charge in [-0.2, -0.15) is 4.31 Å². The second kappa shape index (κ2) is 8.06. The summed E-state index contributed by atoms with van der Waals surface area (Å²) in [7, 11) is -4.20. The first-order valence-electron chi connectivity index (χ1n) is 10.6. The molecule has 1 aromatic rings. The molecule has 1 aromatic carbocycles. The molecule has 0 bridgehead atoms. The van der Waals surface area contributed by atoms with E-state index in [9.17, 15) is 13.2 Å². The second-order valence-corrected chi connectivity index (χ2v) is 12.0. The zero-order chi connectivity index (χ0) is 23.2. The van der Waals surface area contributed by atoms with E-state index in [1.165, 1.54) is 4.31 Å². The van der Waals surface area contributed by atoms with Crippen molar-refractivity contribution in [3.8, 4) is 0 Å². The number of benzene rings is 1. The van der Waals surface area contributed by atoms with Crippen molar-refractivity contribution in [1.29, 1.82) is 0 Å². The van der Waals surface area contributed by atoms with Crippen molar-refractivity contribution in [2.24, 2.45) is 0 Å². The van der Waals surface area contributed by atoms with Crippen molar-refractivity contribution in [1.82, 2.24) is 9.21 Å². The fourth-order valence-electron chi connectivity index (χ4n) is 3.36. The zero-order valence-electron chi connectivity index (χ0n) is 19.5. The first-order chi connectivity index (χ1) is 14.1. The molecule has 2 saturated heterocycles. The van der Waals surface area contributed by atoms with E-state index < -0.39 is 40.0 Å². The SMILES string of the molecule is CC(C)(C)OC(=O)N1CCN(S(=O)(=O)c2ccc(B3OC(C)(C)C(C)(C)O3)cc2)CC1. The van der Waals surface area contributed by atoms with Crippen LogP contribution in [0.25, 0.3) is 0 Å². The summed E-state index contributed by atoms with van der Waals surface area (Å²) < 4.78 is 44.9. The molecule has 0 radical (unpaired) electrons. The molecule has 0 aliphatic carbocycles. The zero-order valence-corrected chi connectivity index (χ0v) is 20.3. The van der Waals surface area contributed by atoms with Crippen LogP contribution < -0.4 is 5.46 Å². The van der Waals surface area contributed by atoms with Gasteiger partial charge in [0, 0.05) is 26.2 Å². The van der Waals surface area contributed by atoms with Crippen LogP contribution in [0.5, 0.6) is 0 Å². The summed E-state index contributed by atoms with van der Waals surface area (Å²) in [5.41, 5.74) is -0.738. The van der Waals surface area contributed by atoms with Gasteiger partial charge < -0.3 is 18.9 Å². The van der Waals surface area contributed by atoms with E-state index in [-0.39, 0.29) is 18.0 Å². The minimum atomic E-state index is -3.66. The van der Waals surface area contributed by atoms with Crippen molar-refractivity contribution < 1.29 is 27.3 Å². The summed E-state index contributed by atoms with van der Waals surface area (Å²) in [4.78, 5) is 14.0. The maximum Gasteiger partial charge on any atom is 0.494 e. The van der Waals surface area contributed by atoms with E-state index in [2.05, 4.69) is 0 Å². The summed E-state index contributed by atoms with van der Waals surface area (Å²) in [6.07, 6.45) is -0.420. The molecule has 172 valence electrons. The third kappa shape index (κ3) is 5.08. The molecule has 8 nitrogen and oxygen atoms in total. The van der Waals surface area contributed by atoms with Gasteiger partial charge in [0.05, 0.1) is 16.1 Å². The number of hydrogen-bond acceptors (Lipinski definition) is 6. The quantitative estimate of drug-likeness (QED) is 0.654. The molecule has 2 aliphatic heterocycles. The van der Waals surface area contributed by atoms with Crippen LogP contribution in [0.15, 0.2) is 29.2 Å². The molecule has 10 heteroatoms. The minimum Gasteiger partial charge on any atom is -0.444 e. The highest BCUT2D eigenvalue weighted by molar-refractivity contribution is 7.89. The molecular formula is C21H33BN2O6S. The maximum atomic E-state index is 13.1. The Kier molecular flexibility index (Phi) is 6.25. The van der Waals surface area contributed by atoms with Gasteiger partial charge in [0.1, 0.15) is 5.60 Å². The Morgan fingerprint density at radius 2 is 1.45 bits per heavy atom. The van der Waals surface area contributed by atoms with Gasteiger partial charge in [0.15, 0.2) is 0 Å². The Morgan fingerprint density at radius 3 is 1.90 bits per heavy atom. The minimum absolute atomic E-state index is 0.207. The third-order valence-electron chi connectivity index (χ3n) is 5.93. The fraction of sp³-hybridized carbons (Fsp3) is 0.667. The Bertz CT molecular complexity index is 900. The van der Waals surface area contributed by atoms with Crippen molar-refractivity contribution in [3.05, 3.63) is 24.3 Å². The van der Waals surface area contributed by atoms with E-state index in [1.54, 1.807) is 49.9 Å². The second-order valence-electron chi connectivity index (χ2n) is 10.0. The van der Waals surface area contributed by atoms with Crippen LogP contribution in [0.1, 0.15) is 48.5 Å². The lowest BCUT2D eigenvalue weighted by Crippen LogP contribution is -2.51. The van der Waals surface area contributed by atoms with Crippen LogP contribution in [0.4, 0.5) is 4.79 Å². The smallest absolute Gasteiger partial charge is 0.444 e. The summed E-state index contributed by atoms with van der Waals surface area (Å²) in [5, 5.41) is 0. The number of sulfonamides is 1. The maximum absolute atomic E-state index is 13.1. The average molecular weight is 452 g/mol. The van der Waals surface area contributed by atoms with Crippen LogP contribution >= 0.6 is 0 Å². The Balaban J connectivity index is 1.65. The van der Waals surface area contributed by atoms with E-state index in [1.807, 2.05) is 27.7 Å². The average Bonchev–Trinajstić information content (AvgIpc) is 2.88. The van der Waals surface area contributed by atoms with E-state index in [4.69, 9.17) is 14.0 Å². The van der Waals surface area contributed by atoms with Gasteiger partial charge in [0.2, 0.25) is 10.0 Å². The number of piperazine rings is 1. The molecule has 1 amide bonds. The summed E-state index contributed by atoms with van der Waals surface area (Å²) in [6, 6.07) is 6.61. The van der Waals surface area contributed by atoms with E-state index >= 15 is 0 Å². The Hall–Kier alpha value is -1.62. The summed E-state index contributed by atoms with van der Waals surface area (Å²) in [5.74, 6) is 0. The lowest BCUT2D eigenvalue weighted by molar-refractivity contribution is 0.00578. The van der Waals surface area contributed by atoms with E-state index in [0.717, 1.165) is 5.46 Å². The molecule has 0 atom stereocenters. The van der Waals surface area contributed by atoms with Crippen LogP contribution in [-0.4, -0.2) is 73.8 Å². The lowest BCUT2D eigenvalue weighted by atomic mass is 9.79. The first kappa shape index (κ1) is 24.0. The molecule has 0 unspecified atom stereocenters. The molecule has 31 heavy (non-hydrogen) atoms. The highest BCUT2D eigenvalue weighted by Crippen LogP contribution is 2.36. The predicted octanol–water partition coefficient (Wildman–Crippen LogP) is 2.23. The number of nitrogens with zero attached hydrogens (tertiary/aromatic N) is 2. The van der Waals surface area contributed by atoms with Crippen molar-refractivity contribution >= 4 is 28.7 Å².